The third kappa shape index (κ3) is 2.63. The monoisotopic (exact) mass is 243 g/mol. The lowest BCUT2D eigenvalue weighted by Gasteiger charge is -2.08. The van der Waals surface area contributed by atoms with Gasteiger partial charge in [-0.3, -0.25) is 9.78 Å². The predicted molar refractivity (Wildman–Crippen MR) is 68.3 cm³/mol. The van der Waals surface area contributed by atoms with Gasteiger partial charge in [0.15, 0.2) is 5.82 Å². The first-order valence-electron chi connectivity index (χ1n) is 5.43. The topological polar surface area (TPSA) is 64.1 Å². The number of carbonyl (C=O) groups excluding carboxylic acids is 1. The highest BCUT2D eigenvalue weighted by Crippen LogP contribution is 2.26. The summed E-state index contributed by atoms with van der Waals surface area (Å²) in [5.74, 6) is 0.991. The van der Waals surface area contributed by atoms with Gasteiger partial charge in [-0.25, -0.2) is 4.98 Å². The molecular weight excluding hydrogens is 230 g/mol. The van der Waals surface area contributed by atoms with Crippen LogP contribution in [-0.2, 0) is 4.79 Å². The first kappa shape index (κ1) is 12.0. The van der Waals surface area contributed by atoms with Crippen LogP contribution in [0.3, 0.4) is 0 Å². The molecule has 0 aliphatic heterocycles. The molecule has 0 spiro atoms. The molecule has 5 heteroatoms. The van der Waals surface area contributed by atoms with Gasteiger partial charge in [0.2, 0.25) is 5.91 Å². The molecule has 0 fully saturated rings. The standard InChI is InChI=1S/C13H13N3O2/c1-9(17)16-13-12(14-6-7-15-13)10-4-3-5-11(8-10)18-2/h3-8H,1-2H3,(H,15,16,17). The largest absolute Gasteiger partial charge is 0.497 e. The summed E-state index contributed by atoms with van der Waals surface area (Å²) in [5, 5.41) is 2.66. The molecule has 2 rings (SSSR count). The van der Waals surface area contributed by atoms with Gasteiger partial charge in [-0.1, -0.05) is 12.1 Å². The lowest BCUT2D eigenvalue weighted by atomic mass is 10.1. The number of nitrogens with one attached hydrogen (secondary N) is 1. The van der Waals surface area contributed by atoms with Gasteiger partial charge >= 0.3 is 0 Å². The Balaban J connectivity index is 2.45. The summed E-state index contributed by atoms with van der Waals surface area (Å²) in [6.45, 7) is 1.43. The molecule has 5 nitrogen and oxygen atoms in total. The lowest BCUT2D eigenvalue weighted by Crippen LogP contribution is -2.09. The van der Waals surface area contributed by atoms with E-state index >= 15 is 0 Å². The van der Waals surface area contributed by atoms with Crippen molar-refractivity contribution in [2.24, 2.45) is 0 Å². The molecule has 1 aromatic heterocycles. The van der Waals surface area contributed by atoms with E-state index in [4.69, 9.17) is 4.74 Å². The van der Waals surface area contributed by atoms with Crippen molar-refractivity contribution < 1.29 is 9.53 Å². The number of hydrogen-bond acceptors (Lipinski definition) is 4. The lowest BCUT2D eigenvalue weighted by molar-refractivity contribution is -0.114. The van der Waals surface area contributed by atoms with Crippen LogP contribution in [0.25, 0.3) is 11.3 Å². The molecule has 18 heavy (non-hydrogen) atoms. The molecule has 1 amide bonds. The molecule has 0 unspecified atom stereocenters. The van der Waals surface area contributed by atoms with Gasteiger partial charge in [-0.2, -0.15) is 0 Å². The zero-order valence-corrected chi connectivity index (χ0v) is 10.2. The number of rotatable bonds is 3. The van der Waals surface area contributed by atoms with E-state index in [1.807, 2.05) is 24.3 Å². The number of aromatic nitrogens is 2. The molecule has 0 atom stereocenters. The summed E-state index contributed by atoms with van der Waals surface area (Å²) in [6.07, 6.45) is 3.12. The highest BCUT2D eigenvalue weighted by Gasteiger charge is 2.09. The van der Waals surface area contributed by atoms with E-state index in [0.29, 0.717) is 11.5 Å². The van der Waals surface area contributed by atoms with Crippen LogP contribution >= 0.6 is 0 Å². The van der Waals surface area contributed by atoms with Crippen molar-refractivity contribution in [3.8, 4) is 17.0 Å². The Labute approximate surface area is 105 Å². The van der Waals surface area contributed by atoms with Gasteiger partial charge in [0.05, 0.1) is 7.11 Å². The fourth-order valence-electron chi connectivity index (χ4n) is 1.58. The van der Waals surface area contributed by atoms with Gasteiger partial charge in [0.1, 0.15) is 11.4 Å². The maximum Gasteiger partial charge on any atom is 0.222 e. The predicted octanol–water partition coefficient (Wildman–Crippen LogP) is 2.11. The molecule has 1 aromatic carbocycles. The maximum atomic E-state index is 11.1. The Morgan fingerprint density at radius 3 is 2.78 bits per heavy atom. The second-order valence-electron chi connectivity index (χ2n) is 3.67. The van der Waals surface area contributed by atoms with Crippen LogP contribution in [0, 0.1) is 0 Å². The molecule has 0 aliphatic rings. The summed E-state index contributed by atoms with van der Waals surface area (Å²) >= 11 is 0. The molecule has 1 heterocycles. The zero-order chi connectivity index (χ0) is 13.0. The van der Waals surface area contributed by atoms with E-state index in [9.17, 15) is 4.79 Å². The van der Waals surface area contributed by atoms with Crippen molar-refractivity contribution in [2.75, 3.05) is 12.4 Å². The minimum absolute atomic E-state index is 0.181. The molecular formula is C13H13N3O2. The smallest absolute Gasteiger partial charge is 0.222 e. The second-order valence-corrected chi connectivity index (χ2v) is 3.67. The fraction of sp³-hybridized carbons (Fsp3) is 0.154. The van der Waals surface area contributed by atoms with Gasteiger partial charge < -0.3 is 10.1 Å². The summed E-state index contributed by atoms with van der Waals surface area (Å²) in [4.78, 5) is 19.5. The average Bonchev–Trinajstić information content (AvgIpc) is 2.39. The summed E-state index contributed by atoms with van der Waals surface area (Å²) in [7, 11) is 1.60. The second kappa shape index (κ2) is 5.27. The number of hydrogen-bond donors (Lipinski definition) is 1. The molecule has 1 N–H and O–H groups in total. The highest BCUT2D eigenvalue weighted by molar-refractivity contribution is 5.91. The highest BCUT2D eigenvalue weighted by atomic mass is 16.5. The Hall–Kier alpha value is -2.43. The molecule has 0 bridgehead atoms. The van der Waals surface area contributed by atoms with E-state index in [-0.39, 0.29) is 5.91 Å². The van der Waals surface area contributed by atoms with E-state index in [1.165, 1.54) is 13.1 Å². The maximum absolute atomic E-state index is 11.1. The van der Waals surface area contributed by atoms with E-state index < -0.39 is 0 Å². The number of nitrogens with zero attached hydrogens (tertiary/aromatic N) is 2. The number of benzene rings is 1. The SMILES string of the molecule is COc1cccc(-c2nccnc2NC(C)=O)c1. The van der Waals surface area contributed by atoms with Crippen LogP contribution in [0.1, 0.15) is 6.92 Å². The Morgan fingerprint density at radius 1 is 1.28 bits per heavy atom. The van der Waals surface area contributed by atoms with E-state index in [1.54, 1.807) is 13.3 Å². The van der Waals surface area contributed by atoms with Crippen molar-refractivity contribution >= 4 is 11.7 Å². The summed E-state index contributed by atoms with van der Waals surface area (Å²) < 4.78 is 5.16. The normalized spacial score (nSPS) is 9.89. The summed E-state index contributed by atoms with van der Waals surface area (Å²) in [6, 6.07) is 7.44. The van der Waals surface area contributed by atoms with Crippen LogP contribution in [0.2, 0.25) is 0 Å². The molecule has 0 saturated heterocycles. The van der Waals surface area contributed by atoms with Gasteiger partial charge in [-0.05, 0) is 12.1 Å². The number of carbonyl (C=O) groups is 1. The zero-order valence-electron chi connectivity index (χ0n) is 10.2. The number of amides is 1. The van der Waals surface area contributed by atoms with Gasteiger partial charge in [0, 0.05) is 24.9 Å². The Kier molecular flexibility index (Phi) is 3.52. The average molecular weight is 243 g/mol. The molecule has 0 aliphatic carbocycles. The number of ether oxygens (including phenoxy) is 1. The van der Waals surface area contributed by atoms with Crippen molar-refractivity contribution in [1.82, 2.24) is 9.97 Å². The molecule has 0 radical (unpaired) electrons. The third-order valence-corrected chi connectivity index (χ3v) is 2.34. The van der Waals surface area contributed by atoms with Gasteiger partial charge in [0.25, 0.3) is 0 Å². The van der Waals surface area contributed by atoms with Crippen LogP contribution in [0.15, 0.2) is 36.7 Å². The van der Waals surface area contributed by atoms with Crippen molar-refractivity contribution in [1.29, 1.82) is 0 Å². The van der Waals surface area contributed by atoms with Crippen molar-refractivity contribution in [3.63, 3.8) is 0 Å². The molecule has 0 saturated carbocycles. The van der Waals surface area contributed by atoms with E-state index in [0.717, 1.165) is 11.3 Å². The van der Waals surface area contributed by atoms with Gasteiger partial charge in [-0.15, -0.1) is 0 Å². The molecule has 92 valence electrons. The Bertz CT molecular complexity index is 570. The quantitative estimate of drug-likeness (QED) is 0.896. The summed E-state index contributed by atoms with van der Waals surface area (Å²) in [5.41, 5.74) is 1.46. The van der Waals surface area contributed by atoms with Crippen molar-refractivity contribution in [3.05, 3.63) is 36.7 Å². The Morgan fingerprint density at radius 2 is 2.06 bits per heavy atom. The fourth-order valence-corrected chi connectivity index (χ4v) is 1.58. The minimum Gasteiger partial charge on any atom is -0.497 e. The van der Waals surface area contributed by atoms with Crippen LogP contribution in [0.5, 0.6) is 5.75 Å². The van der Waals surface area contributed by atoms with Crippen molar-refractivity contribution in [2.45, 2.75) is 6.92 Å². The number of anilines is 1. The van der Waals surface area contributed by atoms with Crippen LogP contribution in [-0.4, -0.2) is 23.0 Å². The minimum atomic E-state index is -0.181. The van der Waals surface area contributed by atoms with Crippen LogP contribution in [0.4, 0.5) is 5.82 Å². The van der Waals surface area contributed by atoms with Crippen LogP contribution < -0.4 is 10.1 Å². The first-order valence-corrected chi connectivity index (χ1v) is 5.43. The van der Waals surface area contributed by atoms with E-state index in [2.05, 4.69) is 15.3 Å². The first-order chi connectivity index (χ1) is 8.70. The number of methoxy groups -OCH3 is 1. The molecule has 2 aromatic rings. The third-order valence-electron chi connectivity index (χ3n) is 2.34.